The van der Waals surface area contributed by atoms with Crippen molar-refractivity contribution in [2.45, 2.75) is 24.8 Å². The third kappa shape index (κ3) is 4.26. The van der Waals surface area contributed by atoms with Crippen molar-refractivity contribution in [2.24, 2.45) is 0 Å². The lowest BCUT2D eigenvalue weighted by molar-refractivity contribution is 0.0596. The van der Waals surface area contributed by atoms with E-state index in [1.807, 2.05) is 13.8 Å². The monoisotopic (exact) mass is 349 g/mol. The van der Waals surface area contributed by atoms with Crippen LogP contribution in [-0.4, -0.2) is 27.6 Å². The van der Waals surface area contributed by atoms with Crippen LogP contribution >= 0.6 is 0 Å². The number of esters is 1. The summed E-state index contributed by atoms with van der Waals surface area (Å²) in [5, 5.41) is 0. The van der Waals surface area contributed by atoms with Gasteiger partial charge in [-0.05, 0) is 50.2 Å². The molecule has 0 heterocycles. The number of benzene rings is 2. The van der Waals surface area contributed by atoms with E-state index in [1.165, 1.54) is 19.2 Å². The fourth-order valence-electron chi connectivity index (χ4n) is 2.06. The largest absolute Gasteiger partial charge is 0.491 e. The number of anilines is 1. The Morgan fingerprint density at radius 2 is 1.67 bits per heavy atom. The van der Waals surface area contributed by atoms with Gasteiger partial charge in [-0.25, -0.2) is 13.2 Å². The highest BCUT2D eigenvalue weighted by atomic mass is 32.2. The van der Waals surface area contributed by atoms with Crippen molar-refractivity contribution in [1.29, 1.82) is 0 Å². The lowest BCUT2D eigenvalue weighted by atomic mass is 10.2. The number of methoxy groups -OCH3 is 1. The van der Waals surface area contributed by atoms with Crippen LogP contribution in [0, 0.1) is 0 Å². The van der Waals surface area contributed by atoms with Crippen molar-refractivity contribution < 1.29 is 22.7 Å². The maximum absolute atomic E-state index is 12.6. The molecule has 0 fully saturated rings. The summed E-state index contributed by atoms with van der Waals surface area (Å²) in [6, 6.07) is 12.4. The summed E-state index contributed by atoms with van der Waals surface area (Å²) in [7, 11) is -2.73. The molecule has 24 heavy (non-hydrogen) atoms. The predicted molar refractivity (Wildman–Crippen MR) is 90.8 cm³/mol. The molecule has 0 aliphatic carbocycles. The molecule has 128 valence electrons. The normalized spacial score (nSPS) is 11.2. The molecule has 2 aromatic carbocycles. The van der Waals surface area contributed by atoms with Gasteiger partial charge in [-0.1, -0.05) is 12.1 Å². The summed E-state index contributed by atoms with van der Waals surface area (Å²) < 4.78 is 37.7. The van der Waals surface area contributed by atoms with Crippen LogP contribution in [0.1, 0.15) is 24.2 Å². The summed E-state index contributed by atoms with van der Waals surface area (Å²) in [5.74, 6) is -0.0698. The molecule has 0 aromatic heterocycles. The molecule has 7 heteroatoms. The van der Waals surface area contributed by atoms with E-state index < -0.39 is 16.0 Å². The molecular weight excluding hydrogens is 330 g/mol. The van der Waals surface area contributed by atoms with Crippen LogP contribution in [0.2, 0.25) is 0 Å². The highest BCUT2D eigenvalue weighted by molar-refractivity contribution is 7.92. The molecule has 0 aliphatic heterocycles. The smallest absolute Gasteiger partial charge is 0.339 e. The third-order valence-electron chi connectivity index (χ3n) is 3.06. The highest BCUT2D eigenvalue weighted by Crippen LogP contribution is 2.22. The van der Waals surface area contributed by atoms with Gasteiger partial charge in [0.15, 0.2) is 0 Å². The lowest BCUT2D eigenvalue weighted by Gasteiger charge is -2.13. The molecule has 0 radical (unpaired) electrons. The number of ether oxygens (including phenoxy) is 2. The molecule has 6 nitrogen and oxygen atoms in total. The first-order valence-electron chi connectivity index (χ1n) is 7.30. The van der Waals surface area contributed by atoms with Crippen LogP contribution in [0.3, 0.4) is 0 Å². The van der Waals surface area contributed by atoms with Gasteiger partial charge < -0.3 is 9.47 Å². The number of sulfonamides is 1. The fourth-order valence-corrected chi connectivity index (χ4v) is 3.32. The predicted octanol–water partition coefficient (Wildman–Crippen LogP) is 3.06. The van der Waals surface area contributed by atoms with E-state index in [9.17, 15) is 13.2 Å². The van der Waals surface area contributed by atoms with Gasteiger partial charge in [0.2, 0.25) is 0 Å². The molecule has 0 saturated heterocycles. The van der Waals surface area contributed by atoms with Crippen molar-refractivity contribution in [1.82, 2.24) is 0 Å². The summed E-state index contributed by atoms with van der Waals surface area (Å²) in [5.41, 5.74) is 0.345. The zero-order valence-electron chi connectivity index (χ0n) is 13.6. The molecular formula is C17H19NO5S. The standard InChI is InChI=1S/C17H19NO5S/c1-12(2)23-14-10-8-13(9-11-14)18-24(20,21)16-7-5-4-6-15(16)17(19)22-3/h4-12,18H,1-3H3. The maximum atomic E-state index is 12.6. The molecule has 0 atom stereocenters. The average Bonchev–Trinajstić information content (AvgIpc) is 2.55. The Morgan fingerprint density at radius 1 is 1.04 bits per heavy atom. The van der Waals surface area contributed by atoms with Crippen molar-refractivity contribution in [2.75, 3.05) is 11.8 Å². The molecule has 0 unspecified atom stereocenters. The quantitative estimate of drug-likeness (QED) is 0.811. The maximum Gasteiger partial charge on any atom is 0.339 e. The summed E-state index contributed by atoms with van der Waals surface area (Å²) >= 11 is 0. The molecule has 0 saturated carbocycles. The van der Waals surface area contributed by atoms with E-state index in [1.54, 1.807) is 36.4 Å². The van der Waals surface area contributed by atoms with Gasteiger partial charge in [-0.15, -0.1) is 0 Å². The van der Waals surface area contributed by atoms with E-state index in [0.717, 1.165) is 0 Å². The van der Waals surface area contributed by atoms with Gasteiger partial charge >= 0.3 is 5.97 Å². The number of nitrogens with one attached hydrogen (secondary N) is 1. The minimum Gasteiger partial charge on any atom is -0.491 e. The van der Waals surface area contributed by atoms with Crippen LogP contribution in [0.15, 0.2) is 53.4 Å². The zero-order chi connectivity index (χ0) is 17.7. The van der Waals surface area contributed by atoms with Gasteiger partial charge in [-0.3, -0.25) is 4.72 Å². The number of hydrogen-bond acceptors (Lipinski definition) is 5. The SMILES string of the molecule is COC(=O)c1ccccc1S(=O)(=O)Nc1ccc(OC(C)C)cc1. The Bertz CT molecular complexity index is 813. The fraction of sp³-hybridized carbons (Fsp3) is 0.235. The Labute approximate surface area is 141 Å². The van der Waals surface area contributed by atoms with Crippen LogP contribution in [0.5, 0.6) is 5.75 Å². The summed E-state index contributed by atoms with van der Waals surface area (Å²) in [6.45, 7) is 3.81. The minimum absolute atomic E-state index is 0.0211. The Morgan fingerprint density at radius 3 is 2.25 bits per heavy atom. The number of rotatable bonds is 6. The first-order valence-corrected chi connectivity index (χ1v) is 8.78. The van der Waals surface area contributed by atoms with Crippen molar-refractivity contribution >= 4 is 21.7 Å². The van der Waals surface area contributed by atoms with Crippen LogP contribution in [0.4, 0.5) is 5.69 Å². The lowest BCUT2D eigenvalue weighted by Crippen LogP contribution is -2.17. The second-order valence-electron chi connectivity index (χ2n) is 5.28. The number of carbonyl (C=O) groups excluding carboxylic acids is 1. The van der Waals surface area contributed by atoms with E-state index in [2.05, 4.69) is 9.46 Å². The topological polar surface area (TPSA) is 81.7 Å². The molecule has 2 rings (SSSR count). The van der Waals surface area contributed by atoms with Gasteiger partial charge in [0.1, 0.15) is 10.6 Å². The minimum atomic E-state index is -3.93. The Balaban J connectivity index is 2.28. The van der Waals surface area contributed by atoms with Crippen molar-refractivity contribution in [3.63, 3.8) is 0 Å². The van der Waals surface area contributed by atoms with Crippen LogP contribution < -0.4 is 9.46 Å². The van der Waals surface area contributed by atoms with Gasteiger partial charge in [0.25, 0.3) is 10.0 Å². The molecule has 0 aliphatic rings. The molecule has 0 amide bonds. The van der Waals surface area contributed by atoms with E-state index >= 15 is 0 Å². The van der Waals surface area contributed by atoms with Crippen LogP contribution in [0.25, 0.3) is 0 Å². The van der Waals surface area contributed by atoms with Crippen LogP contribution in [-0.2, 0) is 14.8 Å². The van der Waals surface area contributed by atoms with Crippen molar-refractivity contribution in [3.8, 4) is 5.75 Å². The second kappa shape index (κ2) is 7.35. The summed E-state index contributed by atoms with van der Waals surface area (Å²) in [4.78, 5) is 11.6. The molecule has 2 aromatic rings. The van der Waals surface area contributed by atoms with Gasteiger partial charge in [0.05, 0.1) is 18.8 Å². The van der Waals surface area contributed by atoms with Crippen molar-refractivity contribution in [3.05, 3.63) is 54.1 Å². The van der Waals surface area contributed by atoms with E-state index in [4.69, 9.17) is 4.74 Å². The molecule has 0 spiro atoms. The first-order chi connectivity index (χ1) is 11.3. The second-order valence-corrected chi connectivity index (χ2v) is 6.94. The zero-order valence-corrected chi connectivity index (χ0v) is 14.5. The Hall–Kier alpha value is -2.54. The highest BCUT2D eigenvalue weighted by Gasteiger charge is 2.22. The number of carbonyl (C=O) groups is 1. The van der Waals surface area contributed by atoms with E-state index in [-0.39, 0.29) is 16.6 Å². The van der Waals surface area contributed by atoms with Gasteiger partial charge in [0, 0.05) is 5.69 Å². The van der Waals surface area contributed by atoms with Gasteiger partial charge in [-0.2, -0.15) is 0 Å². The number of hydrogen-bond donors (Lipinski definition) is 1. The first kappa shape index (κ1) is 17.8. The average molecular weight is 349 g/mol. The molecule has 1 N–H and O–H groups in total. The van der Waals surface area contributed by atoms with E-state index in [0.29, 0.717) is 11.4 Å². The summed E-state index contributed by atoms with van der Waals surface area (Å²) in [6.07, 6.45) is 0.0273. The molecule has 0 bridgehead atoms. The third-order valence-corrected chi connectivity index (χ3v) is 4.50. The Kier molecular flexibility index (Phi) is 5.46.